The Morgan fingerprint density at radius 2 is 1.97 bits per heavy atom. The van der Waals surface area contributed by atoms with Gasteiger partial charge in [-0.25, -0.2) is 4.98 Å². The largest absolute Gasteiger partial charge is 0.444 e. The molecule has 1 aromatic heterocycles. The Hall–Kier alpha value is -0.870. The first kappa shape index (κ1) is 28.2. The minimum absolute atomic E-state index is 0. The molecular weight excluding hydrogens is 505 g/mol. The van der Waals surface area contributed by atoms with Crippen LogP contribution in [0, 0.1) is 31.6 Å². The fourth-order valence-corrected chi connectivity index (χ4v) is 4.08. The number of oxazole rings is 1. The number of likely N-dealkylation sites (tertiary alicyclic amines) is 1. The van der Waals surface area contributed by atoms with Crippen molar-refractivity contribution in [1.82, 2.24) is 20.5 Å². The van der Waals surface area contributed by atoms with Gasteiger partial charge in [-0.2, -0.15) is 0 Å². The summed E-state index contributed by atoms with van der Waals surface area (Å²) >= 11 is 0. The van der Waals surface area contributed by atoms with Gasteiger partial charge in [-0.05, 0) is 77.3 Å². The van der Waals surface area contributed by atoms with E-state index in [1.165, 1.54) is 12.8 Å². The summed E-state index contributed by atoms with van der Waals surface area (Å²) < 4.78 is 5.73. The molecule has 31 heavy (non-hydrogen) atoms. The summed E-state index contributed by atoms with van der Waals surface area (Å²) in [6, 6.07) is 0. The number of rotatable bonds is 11. The van der Waals surface area contributed by atoms with Crippen LogP contribution in [0.15, 0.2) is 9.41 Å². The first-order valence-corrected chi connectivity index (χ1v) is 11.7. The van der Waals surface area contributed by atoms with Crippen molar-refractivity contribution in [2.45, 2.75) is 66.8 Å². The van der Waals surface area contributed by atoms with E-state index in [4.69, 9.17) is 9.41 Å². The lowest BCUT2D eigenvalue weighted by atomic mass is 9.94. The highest BCUT2D eigenvalue weighted by Crippen LogP contribution is 2.19. The number of piperidine rings is 1. The lowest BCUT2D eigenvalue weighted by Crippen LogP contribution is -2.43. The number of hydrogen-bond donors (Lipinski definition) is 3. The Morgan fingerprint density at radius 1 is 1.26 bits per heavy atom. The molecule has 8 heteroatoms. The third kappa shape index (κ3) is 10.5. The molecule has 180 valence electrons. The second-order valence-electron chi connectivity index (χ2n) is 9.08. The Labute approximate surface area is 205 Å². The maximum absolute atomic E-state index is 9.33. The quantitative estimate of drug-likeness (QED) is 0.222. The molecule has 7 nitrogen and oxygen atoms in total. The topological polar surface area (TPSA) is 85.9 Å². The maximum atomic E-state index is 9.33. The summed E-state index contributed by atoms with van der Waals surface area (Å²) in [6.45, 7) is 16.3. The van der Waals surface area contributed by atoms with Crippen LogP contribution in [0.5, 0.6) is 0 Å². The number of aryl methyl sites for hydroxylation is 2. The highest BCUT2D eigenvalue weighted by molar-refractivity contribution is 14.0. The van der Waals surface area contributed by atoms with Crippen molar-refractivity contribution in [3.8, 4) is 0 Å². The SMILES string of the molecule is CCNC(=NCC(CCO)CC(C)C)NCC1CCN(Cc2nc(C)c(C)o2)CC1.I. The second-order valence-corrected chi connectivity index (χ2v) is 9.08. The molecule has 0 amide bonds. The second kappa shape index (κ2) is 15.1. The van der Waals surface area contributed by atoms with Gasteiger partial charge in [0.2, 0.25) is 5.89 Å². The highest BCUT2D eigenvalue weighted by atomic mass is 127. The Balaban J connectivity index is 0.00000480. The standard InChI is InChI=1S/C23H43N5O2.HI/c1-6-24-23(26-15-21(9-12-29)13-17(2)3)25-14-20-7-10-28(11-8-20)16-22-27-18(4)19(5)30-22;/h17,20-21,29H,6-16H2,1-5H3,(H2,24,25,26);1H. The van der Waals surface area contributed by atoms with Gasteiger partial charge in [-0.3, -0.25) is 9.89 Å². The summed E-state index contributed by atoms with van der Waals surface area (Å²) in [5.74, 6) is 4.38. The molecule has 3 N–H and O–H groups in total. The van der Waals surface area contributed by atoms with E-state index < -0.39 is 0 Å². The predicted molar refractivity (Wildman–Crippen MR) is 138 cm³/mol. The first-order chi connectivity index (χ1) is 14.4. The fraction of sp³-hybridized carbons (Fsp3) is 0.826. The number of nitrogens with one attached hydrogen (secondary N) is 2. The van der Waals surface area contributed by atoms with Crippen LogP contribution in [-0.4, -0.2) is 60.3 Å². The van der Waals surface area contributed by atoms with Gasteiger partial charge in [0.15, 0.2) is 5.96 Å². The average molecular weight is 550 g/mol. The van der Waals surface area contributed by atoms with E-state index in [-0.39, 0.29) is 30.6 Å². The number of aliphatic hydroxyl groups is 1. The van der Waals surface area contributed by atoms with E-state index in [1.807, 2.05) is 13.8 Å². The van der Waals surface area contributed by atoms with Gasteiger partial charge in [-0.1, -0.05) is 13.8 Å². The van der Waals surface area contributed by atoms with Crippen LogP contribution in [0.2, 0.25) is 0 Å². The average Bonchev–Trinajstić information content (AvgIpc) is 3.01. The van der Waals surface area contributed by atoms with Gasteiger partial charge in [0, 0.05) is 26.2 Å². The molecule has 1 unspecified atom stereocenters. The Morgan fingerprint density at radius 3 is 2.52 bits per heavy atom. The molecule has 2 rings (SSSR count). The number of aromatic nitrogens is 1. The number of guanidine groups is 1. The summed E-state index contributed by atoms with van der Waals surface area (Å²) in [5, 5.41) is 16.2. The molecule has 1 saturated heterocycles. The van der Waals surface area contributed by atoms with Crippen molar-refractivity contribution in [3.05, 3.63) is 17.3 Å². The van der Waals surface area contributed by atoms with Crippen molar-refractivity contribution >= 4 is 29.9 Å². The van der Waals surface area contributed by atoms with Crippen LogP contribution in [0.25, 0.3) is 0 Å². The molecule has 0 radical (unpaired) electrons. The molecule has 0 spiro atoms. The van der Waals surface area contributed by atoms with Crippen molar-refractivity contribution in [1.29, 1.82) is 0 Å². The maximum Gasteiger partial charge on any atom is 0.208 e. The van der Waals surface area contributed by atoms with Crippen molar-refractivity contribution in [2.24, 2.45) is 22.7 Å². The lowest BCUT2D eigenvalue weighted by Gasteiger charge is -2.31. The van der Waals surface area contributed by atoms with Crippen molar-refractivity contribution in [3.63, 3.8) is 0 Å². The molecule has 1 aliphatic heterocycles. The van der Waals surface area contributed by atoms with E-state index >= 15 is 0 Å². The molecule has 2 heterocycles. The first-order valence-electron chi connectivity index (χ1n) is 11.7. The van der Waals surface area contributed by atoms with Gasteiger partial charge in [0.25, 0.3) is 0 Å². The lowest BCUT2D eigenvalue weighted by molar-refractivity contribution is 0.164. The summed E-state index contributed by atoms with van der Waals surface area (Å²) in [6.07, 6.45) is 4.27. The molecule has 1 aliphatic rings. The molecule has 0 bridgehead atoms. The van der Waals surface area contributed by atoms with Gasteiger partial charge < -0.3 is 20.2 Å². The number of halogens is 1. The molecule has 0 aliphatic carbocycles. The van der Waals surface area contributed by atoms with E-state index in [9.17, 15) is 5.11 Å². The zero-order valence-electron chi connectivity index (χ0n) is 20.1. The van der Waals surface area contributed by atoms with Gasteiger partial charge in [0.1, 0.15) is 5.76 Å². The Kier molecular flexibility index (Phi) is 13.7. The van der Waals surface area contributed by atoms with Crippen LogP contribution >= 0.6 is 24.0 Å². The number of nitrogens with zero attached hydrogens (tertiary/aromatic N) is 3. The third-order valence-corrected chi connectivity index (χ3v) is 5.89. The minimum atomic E-state index is 0. The molecule has 1 aromatic rings. The van der Waals surface area contributed by atoms with Crippen LogP contribution in [0.3, 0.4) is 0 Å². The molecule has 0 saturated carbocycles. The van der Waals surface area contributed by atoms with Crippen molar-refractivity contribution in [2.75, 3.05) is 39.3 Å². The number of aliphatic imine (C=N–C) groups is 1. The molecular formula is C23H44IN5O2. The summed E-state index contributed by atoms with van der Waals surface area (Å²) in [4.78, 5) is 11.7. The van der Waals surface area contributed by atoms with E-state index in [0.717, 1.165) is 75.4 Å². The van der Waals surface area contributed by atoms with Crippen LogP contribution in [0.1, 0.15) is 63.8 Å². The van der Waals surface area contributed by atoms with Crippen LogP contribution < -0.4 is 10.6 Å². The summed E-state index contributed by atoms with van der Waals surface area (Å²) in [5.41, 5.74) is 0.994. The number of hydrogen-bond acceptors (Lipinski definition) is 5. The van der Waals surface area contributed by atoms with Crippen molar-refractivity contribution < 1.29 is 9.52 Å². The van der Waals surface area contributed by atoms with Crippen LogP contribution in [0.4, 0.5) is 0 Å². The zero-order valence-corrected chi connectivity index (χ0v) is 22.4. The normalized spacial score (nSPS) is 16.9. The predicted octanol–water partition coefficient (Wildman–Crippen LogP) is 3.72. The van der Waals surface area contributed by atoms with E-state index in [0.29, 0.717) is 17.8 Å². The zero-order chi connectivity index (χ0) is 21.9. The van der Waals surface area contributed by atoms with Crippen LogP contribution in [-0.2, 0) is 6.54 Å². The fourth-order valence-electron chi connectivity index (χ4n) is 4.08. The summed E-state index contributed by atoms with van der Waals surface area (Å²) in [7, 11) is 0. The number of aliphatic hydroxyl groups excluding tert-OH is 1. The molecule has 0 aromatic carbocycles. The third-order valence-electron chi connectivity index (χ3n) is 5.89. The smallest absolute Gasteiger partial charge is 0.208 e. The van der Waals surface area contributed by atoms with Gasteiger partial charge in [-0.15, -0.1) is 24.0 Å². The molecule has 1 fully saturated rings. The van der Waals surface area contributed by atoms with Gasteiger partial charge >= 0.3 is 0 Å². The van der Waals surface area contributed by atoms with Gasteiger partial charge in [0.05, 0.1) is 12.2 Å². The monoisotopic (exact) mass is 549 g/mol. The van der Waals surface area contributed by atoms with E-state index in [1.54, 1.807) is 0 Å². The molecule has 1 atom stereocenters. The van der Waals surface area contributed by atoms with E-state index in [2.05, 4.69) is 41.3 Å². The minimum Gasteiger partial charge on any atom is -0.444 e. The Bertz CT molecular complexity index is 622. The highest BCUT2D eigenvalue weighted by Gasteiger charge is 2.21.